The Balaban J connectivity index is 1.60. The number of hydrogen-bond donors (Lipinski definition) is 1. The molecule has 2 aromatic carbocycles. The summed E-state index contributed by atoms with van der Waals surface area (Å²) in [6.45, 7) is 5.16. The van der Waals surface area contributed by atoms with Crippen molar-refractivity contribution < 1.29 is 19.0 Å². The molecule has 0 saturated carbocycles. The second kappa shape index (κ2) is 9.98. The van der Waals surface area contributed by atoms with Gasteiger partial charge in [-0.25, -0.2) is 4.98 Å². The molecule has 0 spiro atoms. The van der Waals surface area contributed by atoms with Gasteiger partial charge in [0.2, 0.25) is 0 Å². The van der Waals surface area contributed by atoms with E-state index in [1.165, 1.54) is 0 Å². The van der Waals surface area contributed by atoms with E-state index in [1.54, 1.807) is 56.0 Å². The lowest BCUT2D eigenvalue weighted by Gasteiger charge is -2.13. The van der Waals surface area contributed by atoms with Crippen molar-refractivity contribution in [2.45, 2.75) is 6.54 Å². The minimum Gasteiger partial charge on any atom is -0.497 e. The van der Waals surface area contributed by atoms with Crippen LogP contribution >= 0.6 is 0 Å². The highest BCUT2D eigenvalue weighted by Gasteiger charge is 2.14. The normalized spacial score (nSPS) is 10.2. The number of ether oxygens (including phenoxy) is 3. The van der Waals surface area contributed by atoms with Crippen LogP contribution in [0.2, 0.25) is 0 Å². The van der Waals surface area contributed by atoms with Gasteiger partial charge in [0.15, 0.2) is 0 Å². The van der Waals surface area contributed by atoms with Crippen LogP contribution in [0.5, 0.6) is 17.2 Å². The molecule has 1 N–H and O–H groups in total. The molecule has 0 atom stereocenters. The van der Waals surface area contributed by atoms with E-state index in [1.807, 2.05) is 22.9 Å². The fourth-order valence-corrected chi connectivity index (χ4v) is 2.61. The van der Waals surface area contributed by atoms with Crippen molar-refractivity contribution in [2.75, 3.05) is 25.6 Å². The minimum absolute atomic E-state index is 0.277. The highest BCUT2D eigenvalue weighted by atomic mass is 16.5. The van der Waals surface area contributed by atoms with Gasteiger partial charge in [0.05, 0.1) is 25.5 Å². The molecule has 3 rings (SSSR count). The fraction of sp³-hybridized carbons (Fsp3) is 0.182. The average molecular weight is 393 g/mol. The van der Waals surface area contributed by atoms with Crippen molar-refractivity contribution >= 4 is 11.6 Å². The third-order valence-electron chi connectivity index (χ3n) is 4.08. The van der Waals surface area contributed by atoms with E-state index >= 15 is 0 Å². The molecule has 0 aliphatic heterocycles. The Morgan fingerprint density at radius 3 is 2.66 bits per heavy atom. The number of nitrogens with zero attached hydrogens (tertiary/aromatic N) is 2. The highest BCUT2D eigenvalue weighted by Crippen LogP contribution is 2.26. The number of carbonyl (C=O) groups excluding carboxylic acids is 1. The second-order valence-corrected chi connectivity index (χ2v) is 6.09. The average Bonchev–Trinajstić information content (AvgIpc) is 3.26. The van der Waals surface area contributed by atoms with Crippen LogP contribution in [0.15, 0.2) is 73.8 Å². The van der Waals surface area contributed by atoms with Gasteiger partial charge in [-0.15, -0.1) is 0 Å². The maximum Gasteiger partial charge on any atom is 0.259 e. The lowest BCUT2D eigenvalue weighted by atomic mass is 10.1. The number of rotatable bonds is 10. The van der Waals surface area contributed by atoms with E-state index in [-0.39, 0.29) is 5.91 Å². The number of anilines is 1. The van der Waals surface area contributed by atoms with E-state index in [4.69, 9.17) is 14.2 Å². The molecular formula is C22H23N3O4. The summed E-state index contributed by atoms with van der Waals surface area (Å²) in [4.78, 5) is 16.7. The molecule has 0 bridgehead atoms. The number of amides is 1. The monoisotopic (exact) mass is 393 g/mol. The van der Waals surface area contributed by atoms with E-state index in [0.717, 1.165) is 5.75 Å². The third kappa shape index (κ3) is 5.62. The summed E-state index contributed by atoms with van der Waals surface area (Å²) in [5, 5.41) is 2.86. The number of hydrogen-bond acceptors (Lipinski definition) is 5. The van der Waals surface area contributed by atoms with Gasteiger partial charge in [-0.3, -0.25) is 4.79 Å². The first kappa shape index (κ1) is 20.0. The largest absolute Gasteiger partial charge is 0.497 e. The molecule has 0 unspecified atom stereocenters. The number of benzene rings is 2. The van der Waals surface area contributed by atoms with Crippen LogP contribution in [0.25, 0.3) is 0 Å². The van der Waals surface area contributed by atoms with Crippen LogP contribution in [-0.4, -0.2) is 35.8 Å². The first-order chi connectivity index (χ1) is 14.2. The summed E-state index contributed by atoms with van der Waals surface area (Å²) in [6.07, 6.45) is 6.98. The quantitative estimate of drug-likeness (QED) is 0.531. The van der Waals surface area contributed by atoms with Crippen molar-refractivity contribution in [2.24, 2.45) is 0 Å². The van der Waals surface area contributed by atoms with Gasteiger partial charge < -0.3 is 24.1 Å². The number of imidazole rings is 1. The van der Waals surface area contributed by atoms with Gasteiger partial charge in [-0.2, -0.15) is 0 Å². The van der Waals surface area contributed by atoms with E-state index in [0.29, 0.717) is 42.5 Å². The Kier molecular flexibility index (Phi) is 6.89. The maximum absolute atomic E-state index is 12.7. The molecule has 0 radical (unpaired) electrons. The SMILES string of the molecule is C=CCOc1cc(OC)ccc1C(=O)Nc1ccc(OCCn2ccnc2)cc1. The molecule has 0 fully saturated rings. The molecular weight excluding hydrogens is 370 g/mol. The molecule has 0 saturated heterocycles. The highest BCUT2D eigenvalue weighted by molar-refractivity contribution is 6.06. The van der Waals surface area contributed by atoms with Gasteiger partial charge in [0.1, 0.15) is 30.5 Å². The molecule has 150 valence electrons. The van der Waals surface area contributed by atoms with E-state index in [2.05, 4.69) is 16.9 Å². The molecule has 0 aliphatic carbocycles. The summed E-state index contributed by atoms with van der Waals surface area (Å²) in [5.41, 5.74) is 1.07. The van der Waals surface area contributed by atoms with Gasteiger partial charge >= 0.3 is 0 Å². The molecule has 7 nitrogen and oxygen atoms in total. The number of methoxy groups -OCH3 is 1. The van der Waals surface area contributed by atoms with Crippen LogP contribution in [0.1, 0.15) is 10.4 Å². The summed E-state index contributed by atoms with van der Waals surface area (Å²) in [7, 11) is 1.56. The predicted molar refractivity (Wildman–Crippen MR) is 111 cm³/mol. The molecule has 29 heavy (non-hydrogen) atoms. The number of aromatic nitrogens is 2. The topological polar surface area (TPSA) is 74.6 Å². The van der Waals surface area contributed by atoms with Crippen molar-refractivity contribution in [3.05, 3.63) is 79.4 Å². The molecule has 1 heterocycles. The van der Waals surface area contributed by atoms with Gasteiger partial charge in [0.25, 0.3) is 5.91 Å². The Bertz CT molecular complexity index is 937. The lowest BCUT2D eigenvalue weighted by Crippen LogP contribution is -2.14. The van der Waals surface area contributed by atoms with Crippen LogP contribution in [0.3, 0.4) is 0 Å². The summed E-state index contributed by atoms with van der Waals surface area (Å²) < 4.78 is 18.4. The second-order valence-electron chi connectivity index (χ2n) is 6.09. The lowest BCUT2D eigenvalue weighted by molar-refractivity contribution is 0.102. The molecule has 0 aliphatic rings. The molecule has 7 heteroatoms. The Morgan fingerprint density at radius 2 is 1.97 bits per heavy atom. The van der Waals surface area contributed by atoms with Gasteiger partial charge in [0, 0.05) is 24.1 Å². The van der Waals surface area contributed by atoms with Crippen LogP contribution in [-0.2, 0) is 6.54 Å². The van der Waals surface area contributed by atoms with Crippen LogP contribution < -0.4 is 19.5 Å². The summed E-state index contributed by atoms with van der Waals surface area (Å²) >= 11 is 0. The Labute approximate surface area is 169 Å². The van der Waals surface area contributed by atoms with Gasteiger partial charge in [-0.1, -0.05) is 12.7 Å². The zero-order valence-corrected chi connectivity index (χ0v) is 16.2. The van der Waals surface area contributed by atoms with Crippen molar-refractivity contribution in [3.8, 4) is 17.2 Å². The smallest absolute Gasteiger partial charge is 0.259 e. The van der Waals surface area contributed by atoms with Crippen LogP contribution in [0.4, 0.5) is 5.69 Å². The molecule has 1 amide bonds. The summed E-state index contributed by atoms with van der Waals surface area (Å²) in [5.74, 6) is 1.49. The molecule has 3 aromatic rings. The third-order valence-corrected chi connectivity index (χ3v) is 4.08. The van der Waals surface area contributed by atoms with Crippen molar-refractivity contribution in [1.29, 1.82) is 0 Å². The predicted octanol–water partition coefficient (Wildman–Crippen LogP) is 3.79. The Morgan fingerprint density at radius 1 is 1.17 bits per heavy atom. The van der Waals surface area contributed by atoms with E-state index in [9.17, 15) is 4.79 Å². The van der Waals surface area contributed by atoms with Crippen molar-refractivity contribution in [1.82, 2.24) is 9.55 Å². The standard InChI is InChI=1S/C22H23N3O4/c1-3-13-29-21-15-19(27-2)8-9-20(21)22(26)24-17-4-6-18(7-5-17)28-14-12-25-11-10-23-16-25/h3-11,15-16H,1,12-14H2,2H3,(H,24,26). The van der Waals surface area contributed by atoms with Crippen molar-refractivity contribution in [3.63, 3.8) is 0 Å². The fourth-order valence-electron chi connectivity index (χ4n) is 2.61. The van der Waals surface area contributed by atoms with Crippen LogP contribution in [0, 0.1) is 0 Å². The van der Waals surface area contributed by atoms with E-state index < -0.39 is 0 Å². The summed E-state index contributed by atoms with van der Waals surface area (Å²) in [6, 6.07) is 12.3. The number of carbonyl (C=O) groups is 1. The first-order valence-corrected chi connectivity index (χ1v) is 9.11. The minimum atomic E-state index is -0.277. The van der Waals surface area contributed by atoms with Gasteiger partial charge in [-0.05, 0) is 36.4 Å². The first-order valence-electron chi connectivity index (χ1n) is 9.11. The number of nitrogens with one attached hydrogen (secondary N) is 1. The Hall–Kier alpha value is -3.74. The maximum atomic E-state index is 12.7. The zero-order chi connectivity index (χ0) is 20.5. The molecule has 1 aromatic heterocycles. The zero-order valence-electron chi connectivity index (χ0n) is 16.2.